The van der Waals surface area contributed by atoms with E-state index in [9.17, 15) is 4.79 Å². The van der Waals surface area contributed by atoms with Crippen molar-refractivity contribution in [3.05, 3.63) is 64.6 Å². The van der Waals surface area contributed by atoms with E-state index >= 15 is 0 Å². The maximum atomic E-state index is 12.6. The molecule has 0 atom stereocenters. The van der Waals surface area contributed by atoms with Crippen LogP contribution in [0.1, 0.15) is 5.69 Å². The Hall–Kier alpha value is -2.57. The largest absolute Gasteiger partial charge is 0.368 e. The third-order valence-electron chi connectivity index (χ3n) is 4.74. The second kappa shape index (κ2) is 8.20. The van der Waals surface area contributed by atoms with Gasteiger partial charge in [0.15, 0.2) is 0 Å². The quantitative estimate of drug-likeness (QED) is 0.649. The van der Waals surface area contributed by atoms with Crippen LogP contribution in [-0.2, 0) is 0 Å². The van der Waals surface area contributed by atoms with Gasteiger partial charge in [-0.2, -0.15) is 0 Å². The van der Waals surface area contributed by atoms with Gasteiger partial charge in [0.1, 0.15) is 5.01 Å². The van der Waals surface area contributed by atoms with Crippen molar-refractivity contribution in [2.45, 2.75) is 6.92 Å². The van der Waals surface area contributed by atoms with Crippen molar-refractivity contribution in [2.24, 2.45) is 0 Å². The number of amides is 2. The summed E-state index contributed by atoms with van der Waals surface area (Å²) in [6.45, 7) is 4.91. The number of carbonyl (C=O) groups is 1. The number of rotatable bonds is 3. The van der Waals surface area contributed by atoms with E-state index in [0.717, 1.165) is 45.8 Å². The number of carbonyl (C=O) groups excluding carboxylic acids is 1. The number of aryl methyl sites for hydroxylation is 1. The van der Waals surface area contributed by atoms with Gasteiger partial charge in [-0.05, 0) is 49.4 Å². The first-order valence-corrected chi connectivity index (χ1v) is 10.4. The lowest BCUT2D eigenvalue weighted by Crippen LogP contribution is -2.50. The lowest BCUT2D eigenvalue weighted by atomic mass is 10.2. The van der Waals surface area contributed by atoms with Crippen molar-refractivity contribution in [2.75, 3.05) is 36.4 Å². The van der Waals surface area contributed by atoms with Gasteiger partial charge in [0, 0.05) is 59.2 Å². The highest BCUT2D eigenvalue weighted by atomic mass is 35.5. The number of nitrogens with zero attached hydrogens (tertiary/aromatic N) is 3. The molecule has 3 aromatic rings. The van der Waals surface area contributed by atoms with Crippen LogP contribution >= 0.6 is 22.9 Å². The first-order valence-electron chi connectivity index (χ1n) is 9.17. The molecule has 0 unspecified atom stereocenters. The number of urea groups is 1. The van der Waals surface area contributed by atoms with E-state index < -0.39 is 0 Å². The minimum Gasteiger partial charge on any atom is -0.368 e. The summed E-state index contributed by atoms with van der Waals surface area (Å²) in [6, 6.07) is 15.6. The number of anilines is 2. The molecule has 0 saturated carbocycles. The van der Waals surface area contributed by atoms with Crippen LogP contribution in [0.5, 0.6) is 0 Å². The number of thiazole rings is 1. The fraction of sp³-hybridized carbons (Fsp3) is 0.238. The molecule has 1 saturated heterocycles. The molecule has 1 N–H and O–H groups in total. The summed E-state index contributed by atoms with van der Waals surface area (Å²) in [5.74, 6) is 0. The van der Waals surface area contributed by atoms with Crippen LogP contribution in [0.2, 0.25) is 5.02 Å². The van der Waals surface area contributed by atoms with Crippen molar-refractivity contribution in [3.63, 3.8) is 0 Å². The van der Waals surface area contributed by atoms with Gasteiger partial charge in [-0.15, -0.1) is 11.3 Å². The topological polar surface area (TPSA) is 48.5 Å². The summed E-state index contributed by atoms with van der Waals surface area (Å²) in [7, 11) is 0. The van der Waals surface area contributed by atoms with Crippen LogP contribution in [-0.4, -0.2) is 42.1 Å². The number of hydrogen-bond donors (Lipinski definition) is 1. The Kier molecular flexibility index (Phi) is 5.50. The zero-order valence-electron chi connectivity index (χ0n) is 15.6. The predicted molar refractivity (Wildman–Crippen MR) is 117 cm³/mol. The van der Waals surface area contributed by atoms with Crippen LogP contribution in [0.25, 0.3) is 10.6 Å². The number of nitrogens with one attached hydrogen (secondary N) is 1. The molecule has 1 aliphatic heterocycles. The fourth-order valence-electron chi connectivity index (χ4n) is 3.23. The highest BCUT2D eigenvalue weighted by molar-refractivity contribution is 7.13. The monoisotopic (exact) mass is 412 g/mol. The van der Waals surface area contributed by atoms with E-state index in [1.807, 2.05) is 65.7 Å². The minimum absolute atomic E-state index is 0.0661. The molecule has 1 aliphatic rings. The fourth-order valence-corrected chi connectivity index (χ4v) is 4.21. The minimum atomic E-state index is -0.0661. The normalized spacial score (nSPS) is 14.2. The van der Waals surface area contributed by atoms with Gasteiger partial charge in [-0.25, -0.2) is 9.78 Å². The van der Waals surface area contributed by atoms with E-state index in [1.165, 1.54) is 0 Å². The van der Waals surface area contributed by atoms with Gasteiger partial charge >= 0.3 is 6.03 Å². The van der Waals surface area contributed by atoms with Crippen LogP contribution in [0.4, 0.5) is 16.2 Å². The zero-order chi connectivity index (χ0) is 19.5. The van der Waals surface area contributed by atoms with Gasteiger partial charge in [0.05, 0.1) is 0 Å². The molecule has 7 heteroatoms. The maximum absolute atomic E-state index is 12.6. The van der Waals surface area contributed by atoms with Crippen molar-refractivity contribution in [3.8, 4) is 10.6 Å². The third-order valence-corrected chi connectivity index (χ3v) is 5.99. The van der Waals surface area contributed by atoms with Crippen LogP contribution in [0.3, 0.4) is 0 Å². The molecule has 2 heterocycles. The first kappa shape index (κ1) is 18.8. The van der Waals surface area contributed by atoms with E-state index in [0.29, 0.717) is 13.1 Å². The average Bonchev–Trinajstić information content (AvgIpc) is 3.15. The highest BCUT2D eigenvalue weighted by Gasteiger charge is 2.21. The van der Waals surface area contributed by atoms with E-state index in [-0.39, 0.29) is 6.03 Å². The van der Waals surface area contributed by atoms with Gasteiger partial charge in [0.25, 0.3) is 0 Å². The maximum Gasteiger partial charge on any atom is 0.321 e. The highest BCUT2D eigenvalue weighted by Crippen LogP contribution is 2.25. The number of hydrogen-bond acceptors (Lipinski definition) is 4. The molecule has 0 radical (unpaired) electrons. The van der Waals surface area contributed by atoms with E-state index in [1.54, 1.807) is 11.3 Å². The number of halogens is 1. The van der Waals surface area contributed by atoms with Gasteiger partial charge in [-0.1, -0.05) is 17.7 Å². The molecular weight excluding hydrogens is 392 g/mol. The molecule has 2 amide bonds. The molecule has 5 nitrogen and oxygen atoms in total. The summed E-state index contributed by atoms with van der Waals surface area (Å²) in [5, 5.41) is 6.75. The molecule has 144 valence electrons. The van der Waals surface area contributed by atoms with E-state index in [4.69, 9.17) is 11.6 Å². The first-order chi connectivity index (χ1) is 13.6. The molecule has 4 rings (SSSR count). The van der Waals surface area contributed by atoms with Crippen molar-refractivity contribution in [1.82, 2.24) is 9.88 Å². The lowest BCUT2D eigenvalue weighted by molar-refractivity contribution is 0.208. The van der Waals surface area contributed by atoms with Crippen molar-refractivity contribution in [1.29, 1.82) is 0 Å². The number of aromatic nitrogens is 1. The molecule has 1 fully saturated rings. The molecule has 0 spiro atoms. The Balaban J connectivity index is 1.33. The summed E-state index contributed by atoms with van der Waals surface area (Å²) in [5.41, 5.74) is 3.97. The van der Waals surface area contributed by atoms with Gasteiger partial charge < -0.3 is 15.1 Å². The molecule has 0 bridgehead atoms. The summed E-state index contributed by atoms with van der Waals surface area (Å²) >= 11 is 7.71. The molecule has 2 aromatic carbocycles. The Morgan fingerprint density at radius 1 is 1.11 bits per heavy atom. The Bertz CT molecular complexity index is 965. The third kappa shape index (κ3) is 4.29. The van der Waals surface area contributed by atoms with Crippen LogP contribution in [0.15, 0.2) is 53.9 Å². The molecular formula is C21H21ClN4OS. The molecule has 0 aliphatic carbocycles. The average molecular weight is 413 g/mol. The second-order valence-electron chi connectivity index (χ2n) is 6.76. The van der Waals surface area contributed by atoms with Crippen molar-refractivity contribution >= 4 is 40.3 Å². The summed E-state index contributed by atoms with van der Waals surface area (Å²) < 4.78 is 0. The number of piperazine rings is 1. The molecule has 28 heavy (non-hydrogen) atoms. The summed E-state index contributed by atoms with van der Waals surface area (Å²) in [4.78, 5) is 21.2. The summed E-state index contributed by atoms with van der Waals surface area (Å²) in [6.07, 6.45) is 0. The van der Waals surface area contributed by atoms with E-state index in [2.05, 4.69) is 15.2 Å². The SMILES string of the molecule is Cc1csc(-c2ccc(NC(=O)N3CCN(c4cccc(Cl)c4)CC3)cc2)n1. The standard InChI is InChI=1S/C21H21ClN4OS/c1-15-14-28-20(23-15)16-5-7-18(8-6-16)24-21(27)26-11-9-25(10-12-26)19-4-2-3-17(22)13-19/h2-8,13-14H,9-12H2,1H3,(H,24,27). The van der Waals surface area contributed by atoms with Gasteiger partial charge in [0.2, 0.25) is 0 Å². The zero-order valence-corrected chi connectivity index (χ0v) is 17.1. The van der Waals surface area contributed by atoms with Gasteiger partial charge in [-0.3, -0.25) is 0 Å². The van der Waals surface area contributed by atoms with Crippen LogP contribution in [0, 0.1) is 6.92 Å². The molecule has 1 aromatic heterocycles. The lowest BCUT2D eigenvalue weighted by Gasteiger charge is -2.36. The smallest absolute Gasteiger partial charge is 0.321 e. The predicted octanol–water partition coefficient (Wildman–Crippen LogP) is 5.13. The Labute approximate surface area is 173 Å². The second-order valence-corrected chi connectivity index (χ2v) is 8.05. The Morgan fingerprint density at radius 2 is 1.86 bits per heavy atom. The van der Waals surface area contributed by atoms with Crippen LogP contribution < -0.4 is 10.2 Å². The van der Waals surface area contributed by atoms with Crippen molar-refractivity contribution < 1.29 is 4.79 Å². The Morgan fingerprint density at radius 3 is 2.50 bits per heavy atom. The number of benzene rings is 2.